The zero-order valence-electron chi connectivity index (χ0n) is 13.1. The molecule has 0 fully saturated rings. The number of nitrogens with zero attached hydrogens (tertiary/aromatic N) is 2. The van der Waals surface area contributed by atoms with E-state index in [2.05, 4.69) is 10.3 Å². The summed E-state index contributed by atoms with van der Waals surface area (Å²) in [5.41, 5.74) is 1.23. The number of esters is 1. The Kier molecular flexibility index (Phi) is 6.25. The van der Waals surface area contributed by atoms with Crippen molar-refractivity contribution in [3.63, 3.8) is 0 Å². The third-order valence-corrected chi connectivity index (χ3v) is 4.32. The number of rotatable bonds is 4. The number of hydrogen-bond donors (Lipinski definition) is 1. The lowest BCUT2D eigenvalue weighted by Crippen LogP contribution is -2.31. The van der Waals surface area contributed by atoms with E-state index in [9.17, 15) is 9.35 Å². The number of carbonyl (C=O) groups excluding carboxylic acids is 1. The molecular formula is C16H19N3O3S. The lowest BCUT2D eigenvalue weighted by molar-refractivity contribution is -0.139. The van der Waals surface area contributed by atoms with E-state index >= 15 is 0 Å². The zero-order valence-corrected chi connectivity index (χ0v) is 13.9. The first kappa shape index (κ1) is 17.1. The van der Waals surface area contributed by atoms with Crippen LogP contribution in [0.25, 0.3) is 0 Å². The van der Waals surface area contributed by atoms with Gasteiger partial charge in [0.15, 0.2) is 10.6 Å². The van der Waals surface area contributed by atoms with Crippen molar-refractivity contribution in [2.24, 2.45) is 4.99 Å². The first-order valence-electron chi connectivity index (χ1n) is 7.18. The molecule has 1 aliphatic heterocycles. The molecule has 23 heavy (non-hydrogen) atoms. The van der Waals surface area contributed by atoms with Gasteiger partial charge in [0, 0.05) is 12.4 Å². The standard InChI is InChI=1S/C16H19N3O3S/c1-3-22-16(20)15-8-9-17-12-18-10-11-19(15)23(21)14-6-4-13(2)5-7-14/h4-11,18H,3,12H2,1-2H3/b11-10+,15-8-,17-9+. The lowest BCUT2D eigenvalue weighted by atomic mass is 10.2. The van der Waals surface area contributed by atoms with Crippen LogP contribution in [0.3, 0.4) is 0 Å². The highest BCUT2D eigenvalue weighted by atomic mass is 32.2. The van der Waals surface area contributed by atoms with Crippen molar-refractivity contribution in [2.45, 2.75) is 18.7 Å². The van der Waals surface area contributed by atoms with E-state index < -0.39 is 17.3 Å². The van der Waals surface area contributed by atoms with Crippen molar-refractivity contribution >= 4 is 23.5 Å². The van der Waals surface area contributed by atoms with Gasteiger partial charge in [-0.15, -0.1) is 0 Å². The maximum Gasteiger partial charge on any atom is 0.359 e. The van der Waals surface area contributed by atoms with Gasteiger partial charge in [-0.3, -0.25) is 4.99 Å². The first-order valence-corrected chi connectivity index (χ1v) is 8.29. The molecule has 0 radical (unpaired) electrons. The van der Waals surface area contributed by atoms with Gasteiger partial charge in [-0.05, 0) is 32.1 Å². The fourth-order valence-electron chi connectivity index (χ4n) is 1.83. The minimum Gasteiger partial charge on any atom is -0.587 e. The third-order valence-electron chi connectivity index (χ3n) is 2.97. The monoisotopic (exact) mass is 333 g/mol. The Morgan fingerprint density at radius 3 is 2.87 bits per heavy atom. The topological polar surface area (TPSA) is 77.0 Å². The quantitative estimate of drug-likeness (QED) is 0.672. The summed E-state index contributed by atoms with van der Waals surface area (Å²) < 4.78 is 19.3. The lowest BCUT2D eigenvalue weighted by Gasteiger charge is -2.23. The van der Waals surface area contributed by atoms with Gasteiger partial charge in [-0.1, -0.05) is 17.7 Å². The van der Waals surface area contributed by atoms with Crippen LogP contribution in [-0.4, -0.2) is 34.3 Å². The molecule has 0 amide bonds. The van der Waals surface area contributed by atoms with Gasteiger partial charge in [0.05, 0.1) is 12.8 Å². The summed E-state index contributed by atoms with van der Waals surface area (Å²) in [5, 5.41) is 2.92. The van der Waals surface area contributed by atoms with Crippen LogP contribution in [0.1, 0.15) is 12.5 Å². The highest BCUT2D eigenvalue weighted by molar-refractivity contribution is 7.89. The predicted molar refractivity (Wildman–Crippen MR) is 89.8 cm³/mol. The molecule has 1 atom stereocenters. The molecule has 0 aliphatic carbocycles. The molecule has 0 saturated heterocycles. The largest absolute Gasteiger partial charge is 0.587 e. The summed E-state index contributed by atoms with van der Waals surface area (Å²) in [6.07, 6.45) is 6.14. The summed E-state index contributed by atoms with van der Waals surface area (Å²) in [7, 11) is 0. The van der Waals surface area contributed by atoms with Crippen molar-refractivity contribution in [1.29, 1.82) is 0 Å². The van der Waals surface area contributed by atoms with E-state index in [1.54, 1.807) is 31.5 Å². The van der Waals surface area contributed by atoms with Crippen molar-refractivity contribution in [3.05, 3.63) is 54.0 Å². The van der Waals surface area contributed by atoms with Gasteiger partial charge < -0.3 is 14.6 Å². The zero-order chi connectivity index (χ0) is 16.7. The summed E-state index contributed by atoms with van der Waals surface area (Å²) >= 11 is -1.58. The van der Waals surface area contributed by atoms with Crippen LogP contribution in [0.4, 0.5) is 0 Å². The normalized spacial score (nSPS) is 20.8. The smallest absolute Gasteiger partial charge is 0.359 e. The molecule has 122 valence electrons. The molecule has 1 N–H and O–H groups in total. The second kappa shape index (κ2) is 8.40. The molecule has 0 saturated carbocycles. The Hall–Kier alpha value is -2.25. The molecule has 0 aromatic heterocycles. The van der Waals surface area contributed by atoms with Crippen molar-refractivity contribution < 1.29 is 14.1 Å². The Morgan fingerprint density at radius 2 is 2.17 bits per heavy atom. The number of aliphatic imine (C=N–C) groups is 1. The Balaban J connectivity index is 2.37. The molecule has 6 nitrogen and oxygen atoms in total. The van der Waals surface area contributed by atoms with Gasteiger partial charge in [-0.2, -0.15) is 4.31 Å². The molecule has 0 spiro atoms. The Morgan fingerprint density at radius 1 is 1.43 bits per heavy atom. The summed E-state index contributed by atoms with van der Waals surface area (Å²) in [4.78, 5) is 16.8. The van der Waals surface area contributed by atoms with Crippen LogP contribution in [0.2, 0.25) is 0 Å². The van der Waals surface area contributed by atoms with Crippen molar-refractivity contribution in [3.8, 4) is 0 Å². The number of allylic oxidation sites excluding steroid dienone is 1. The highest BCUT2D eigenvalue weighted by Crippen LogP contribution is 2.22. The van der Waals surface area contributed by atoms with Gasteiger partial charge in [0.25, 0.3) is 0 Å². The second-order valence-corrected chi connectivity index (χ2v) is 6.03. The average Bonchev–Trinajstić information content (AvgIpc) is 2.67. The van der Waals surface area contributed by atoms with Crippen LogP contribution in [0.15, 0.2) is 58.3 Å². The molecule has 1 unspecified atom stereocenters. The minimum atomic E-state index is -1.58. The number of benzene rings is 1. The molecule has 7 heteroatoms. The van der Waals surface area contributed by atoms with Gasteiger partial charge in [-0.25, -0.2) is 4.79 Å². The average molecular weight is 333 g/mol. The van der Waals surface area contributed by atoms with Crippen molar-refractivity contribution in [1.82, 2.24) is 9.62 Å². The van der Waals surface area contributed by atoms with Gasteiger partial charge in [0.2, 0.25) is 0 Å². The SMILES string of the molecule is CCOC(=O)/C1=C/C=N/CN/C=C/N1[S+]([O-])c1ccc(C)cc1. The third kappa shape index (κ3) is 4.61. The van der Waals surface area contributed by atoms with Crippen LogP contribution >= 0.6 is 0 Å². The van der Waals surface area contributed by atoms with Gasteiger partial charge >= 0.3 is 5.97 Å². The molecule has 1 heterocycles. The molecule has 1 aromatic rings. The summed E-state index contributed by atoms with van der Waals surface area (Å²) in [5.74, 6) is -0.550. The Labute approximate surface area is 138 Å². The molecular weight excluding hydrogens is 314 g/mol. The number of ether oxygens (including phenoxy) is 1. The van der Waals surface area contributed by atoms with Crippen molar-refractivity contribution in [2.75, 3.05) is 13.3 Å². The fraction of sp³-hybridized carbons (Fsp3) is 0.250. The van der Waals surface area contributed by atoms with E-state index in [1.165, 1.54) is 16.6 Å². The molecule has 0 bridgehead atoms. The molecule has 2 rings (SSSR count). The predicted octanol–water partition coefficient (Wildman–Crippen LogP) is 1.87. The maximum atomic E-state index is 12.9. The maximum absolute atomic E-state index is 12.9. The number of hydrogen-bond acceptors (Lipinski definition) is 6. The summed E-state index contributed by atoms with van der Waals surface area (Å²) in [6, 6.07) is 7.30. The van der Waals surface area contributed by atoms with Gasteiger partial charge in [0.1, 0.15) is 18.0 Å². The van der Waals surface area contributed by atoms with E-state index in [1.807, 2.05) is 19.1 Å². The minimum absolute atomic E-state index is 0.162. The van der Waals surface area contributed by atoms with Crippen LogP contribution in [0.5, 0.6) is 0 Å². The molecule has 1 aromatic carbocycles. The van der Waals surface area contributed by atoms with E-state index in [0.29, 0.717) is 11.6 Å². The number of aryl methyl sites for hydroxylation is 1. The van der Waals surface area contributed by atoms with E-state index in [0.717, 1.165) is 5.56 Å². The van der Waals surface area contributed by atoms with E-state index in [4.69, 9.17) is 4.74 Å². The van der Waals surface area contributed by atoms with E-state index in [-0.39, 0.29) is 12.3 Å². The van der Waals surface area contributed by atoms with Crippen LogP contribution in [0, 0.1) is 6.92 Å². The number of carbonyl (C=O) groups is 1. The number of nitrogens with one attached hydrogen (secondary N) is 1. The first-order chi connectivity index (χ1) is 11.1. The second-order valence-electron chi connectivity index (χ2n) is 4.67. The summed E-state index contributed by atoms with van der Waals surface area (Å²) in [6.45, 7) is 4.28. The fourth-order valence-corrected chi connectivity index (χ4v) is 2.91. The molecule has 1 aliphatic rings. The Bertz CT molecular complexity index is 626. The highest BCUT2D eigenvalue weighted by Gasteiger charge is 2.28. The van der Waals surface area contributed by atoms with Crippen LogP contribution in [-0.2, 0) is 20.9 Å². The van der Waals surface area contributed by atoms with Crippen LogP contribution < -0.4 is 5.32 Å².